The Balaban J connectivity index is 0.00000182. The van der Waals surface area contributed by atoms with E-state index < -0.39 is 0 Å². The van der Waals surface area contributed by atoms with Crippen LogP contribution in [-0.4, -0.2) is 39.8 Å². The van der Waals surface area contributed by atoms with E-state index in [-0.39, 0.29) is 48.2 Å². The molecule has 0 saturated carbocycles. The minimum atomic E-state index is -0.196. The molecule has 2 N–H and O–H groups in total. The van der Waals surface area contributed by atoms with Gasteiger partial charge in [-0.15, -0.1) is 24.8 Å². The molecular formula is C19H31Cl2N5O. The van der Waals surface area contributed by atoms with Crippen molar-refractivity contribution in [1.82, 2.24) is 25.4 Å². The maximum Gasteiger partial charge on any atom is 0.252 e. The smallest absolute Gasteiger partial charge is 0.252 e. The van der Waals surface area contributed by atoms with Gasteiger partial charge in [-0.3, -0.25) is 4.79 Å². The number of fused-ring (bicyclic) bond motifs is 1. The van der Waals surface area contributed by atoms with E-state index in [9.17, 15) is 4.79 Å². The molecule has 1 amide bonds. The summed E-state index contributed by atoms with van der Waals surface area (Å²) in [7, 11) is 0. The fourth-order valence-electron chi connectivity index (χ4n) is 3.29. The fraction of sp³-hybridized carbons (Fsp3) is 0.632. The summed E-state index contributed by atoms with van der Waals surface area (Å²) in [6.45, 7) is 14.2. The van der Waals surface area contributed by atoms with E-state index in [1.54, 1.807) is 0 Å². The third-order valence-electron chi connectivity index (χ3n) is 4.70. The monoisotopic (exact) mass is 415 g/mol. The zero-order chi connectivity index (χ0) is 18.4. The number of nitrogens with one attached hydrogen (secondary N) is 2. The number of amides is 1. The number of hydrogen-bond donors (Lipinski definition) is 2. The van der Waals surface area contributed by atoms with E-state index in [1.807, 2.05) is 17.7 Å². The Labute approximate surface area is 173 Å². The minimum absolute atomic E-state index is 0. The van der Waals surface area contributed by atoms with Crippen molar-refractivity contribution in [3.8, 4) is 0 Å². The van der Waals surface area contributed by atoms with Crippen molar-refractivity contribution in [3.63, 3.8) is 0 Å². The van der Waals surface area contributed by atoms with Gasteiger partial charge in [0.2, 0.25) is 0 Å². The number of carbonyl (C=O) groups excluding carboxylic acids is 1. The second-order valence-electron chi connectivity index (χ2n) is 8.28. The molecule has 1 saturated heterocycles. The number of aryl methyl sites for hydroxylation is 1. The number of aromatic nitrogens is 3. The average molecular weight is 416 g/mol. The van der Waals surface area contributed by atoms with Gasteiger partial charge in [-0.25, -0.2) is 9.67 Å². The Morgan fingerprint density at radius 3 is 2.52 bits per heavy atom. The molecule has 1 fully saturated rings. The van der Waals surface area contributed by atoms with Crippen molar-refractivity contribution < 1.29 is 4.79 Å². The molecule has 1 atom stereocenters. The summed E-state index contributed by atoms with van der Waals surface area (Å²) in [5, 5.41) is 12.0. The first-order valence-electron chi connectivity index (χ1n) is 9.11. The maximum atomic E-state index is 13.0. The number of carbonyl (C=O) groups is 1. The SMILES string of the molecule is Cc1nn(C(C)(C)C)c2nc(C(C)C)cc(C(=O)NC3CCNC3)c12.Cl.Cl. The molecule has 152 valence electrons. The molecule has 0 bridgehead atoms. The van der Waals surface area contributed by atoms with Crippen LogP contribution in [0.2, 0.25) is 0 Å². The fourth-order valence-corrected chi connectivity index (χ4v) is 3.29. The Morgan fingerprint density at radius 1 is 1.33 bits per heavy atom. The summed E-state index contributed by atoms with van der Waals surface area (Å²) >= 11 is 0. The van der Waals surface area contributed by atoms with E-state index >= 15 is 0 Å². The second kappa shape index (κ2) is 8.76. The molecular weight excluding hydrogens is 385 g/mol. The van der Waals surface area contributed by atoms with Gasteiger partial charge >= 0.3 is 0 Å². The quantitative estimate of drug-likeness (QED) is 0.803. The lowest BCUT2D eigenvalue weighted by Gasteiger charge is -2.20. The van der Waals surface area contributed by atoms with Crippen molar-refractivity contribution in [1.29, 1.82) is 0 Å². The van der Waals surface area contributed by atoms with Crippen molar-refractivity contribution in [2.24, 2.45) is 0 Å². The van der Waals surface area contributed by atoms with Crippen LogP contribution in [0.15, 0.2) is 6.07 Å². The number of pyridine rings is 1. The highest BCUT2D eigenvalue weighted by Crippen LogP contribution is 2.29. The van der Waals surface area contributed by atoms with E-state index in [1.165, 1.54) is 0 Å². The first kappa shape index (κ1) is 23.7. The number of halogens is 2. The molecule has 6 nitrogen and oxygen atoms in total. The molecule has 0 spiro atoms. The molecule has 0 radical (unpaired) electrons. The van der Waals surface area contributed by atoms with Crippen LogP contribution in [0.1, 0.15) is 68.7 Å². The van der Waals surface area contributed by atoms with Crippen molar-refractivity contribution in [3.05, 3.63) is 23.0 Å². The van der Waals surface area contributed by atoms with Gasteiger partial charge < -0.3 is 10.6 Å². The summed E-state index contributed by atoms with van der Waals surface area (Å²) in [5.41, 5.74) is 3.06. The highest BCUT2D eigenvalue weighted by atomic mass is 35.5. The Kier molecular flexibility index (Phi) is 7.68. The molecule has 0 aliphatic carbocycles. The molecule has 1 aliphatic rings. The molecule has 3 heterocycles. The third kappa shape index (κ3) is 4.73. The van der Waals surface area contributed by atoms with E-state index in [0.717, 1.165) is 41.9 Å². The van der Waals surface area contributed by atoms with Gasteiger partial charge in [0.1, 0.15) is 0 Å². The molecule has 1 aliphatic heterocycles. The molecule has 1 unspecified atom stereocenters. The maximum absolute atomic E-state index is 13.0. The summed E-state index contributed by atoms with van der Waals surface area (Å²) in [5.74, 6) is 0.215. The Hall–Kier alpha value is -1.37. The predicted molar refractivity (Wildman–Crippen MR) is 115 cm³/mol. The summed E-state index contributed by atoms with van der Waals surface area (Å²) in [6.07, 6.45) is 0.969. The van der Waals surface area contributed by atoms with Crippen molar-refractivity contribution in [2.45, 2.75) is 65.5 Å². The normalized spacial score (nSPS) is 16.9. The van der Waals surface area contributed by atoms with Gasteiger partial charge in [0.05, 0.1) is 22.2 Å². The summed E-state index contributed by atoms with van der Waals surface area (Å²) in [4.78, 5) is 17.8. The summed E-state index contributed by atoms with van der Waals surface area (Å²) < 4.78 is 1.94. The lowest BCUT2D eigenvalue weighted by Crippen LogP contribution is -2.36. The number of rotatable bonds is 3. The first-order valence-corrected chi connectivity index (χ1v) is 9.11. The van der Waals surface area contributed by atoms with Crippen LogP contribution in [0.3, 0.4) is 0 Å². The molecule has 2 aromatic heterocycles. The zero-order valence-corrected chi connectivity index (χ0v) is 18.6. The van der Waals surface area contributed by atoms with Gasteiger partial charge in [0.15, 0.2) is 5.65 Å². The average Bonchev–Trinajstić information content (AvgIpc) is 3.14. The molecule has 8 heteroatoms. The second-order valence-corrected chi connectivity index (χ2v) is 8.28. The first-order chi connectivity index (χ1) is 11.7. The van der Waals surface area contributed by atoms with Crippen LogP contribution in [0, 0.1) is 6.92 Å². The van der Waals surface area contributed by atoms with Gasteiger partial charge in [-0.2, -0.15) is 5.10 Å². The molecule has 3 rings (SSSR count). The van der Waals surface area contributed by atoms with Crippen LogP contribution >= 0.6 is 24.8 Å². The van der Waals surface area contributed by atoms with Crippen LogP contribution in [-0.2, 0) is 5.54 Å². The number of hydrogen-bond acceptors (Lipinski definition) is 4. The van der Waals surface area contributed by atoms with Gasteiger partial charge in [-0.1, -0.05) is 13.8 Å². The van der Waals surface area contributed by atoms with Crippen LogP contribution in [0.25, 0.3) is 11.0 Å². The van der Waals surface area contributed by atoms with Crippen LogP contribution in [0.5, 0.6) is 0 Å². The van der Waals surface area contributed by atoms with Gasteiger partial charge in [0.25, 0.3) is 5.91 Å². The largest absolute Gasteiger partial charge is 0.348 e. The van der Waals surface area contributed by atoms with Gasteiger partial charge in [-0.05, 0) is 52.6 Å². The van der Waals surface area contributed by atoms with Crippen molar-refractivity contribution >= 4 is 41.8 Å². The topological polar surface area (TPSA) is 71.8 Å². The third-order valence-corrected chi connectivity index (χ3v) is 4.70. The Bertz CT molecular complexity index is 805. The lowest BCUT2D eigenvalue weighted by molar-refractivity contribution is 0.0941. The van der Waals surface area contributed by atoms with Crippen molar-refractivity contribution in [2.75, 3.05) is 13.1 Å². The molecule has 2 aromatic rings. The highest BCUT2D eigenvalue weighted by molar-refractivity contribution is 6.06. The van der Waals surface area contributed by atoms with E-state index in [0.29, 0.717) is 5.56 Å². The van der Waals surface area contributed by atoms with E-state index in [2.05, 4.69) is 45.3 Å². The summed E-state index contributed by atoms with van der Waals surface area (Å²) in [6, 6.07) is 2.13. The standard InChI is InChI=1S/C19H29N5O.2ClH/c1-11(2)15-9-14(18(25)21-13-7-8-20-10-13)16-12(3)23-24(17(16)22-15)19(4,5)6;;/h9,11,13,20H,7-8,10H2,1-6H3,(H,21,25);2*1H. The van der Waals surface area contributed by atoms with Crippen LogP contribution < -0.4 is 10.6 Å². The predicted octanol–water partition coefficient (Wildman–Crippen LogP) is 3.55. The van der Waals surface area contributed by atoms with Crippen LogP contribution in [0.4, 0.5) is 0 Å². The molecule has 0 aromatic carbocycles. The minimum Gasteiger partial charge on any atom is -0.348 e. The lowest BCUT2D eigenvalue weighted by atomic mass is 10.0. The van der Waals surface area contributed by atoms with Gasteiger partial charge in [0, 0.05) is 18.3 Å². The van der Waals surface area contributed by atoms with E-state index in [4.69, 9.17) is 10.1 Å². The molecule has 27 heavy (non-hydrogen) atoms. The number of nitrogens with zero attached hydrogens (tertiary/aromatic N) is 3. The Morgan fingerprint density at radius 2 is 2.00 bits per heavy atom. The zero-order valence-electron chi connectivity index (χ0n) is 16.9. The highest BCUT2D eigenvalue weighted by Gasteiger charge is 2.26.